The molecule has 2 atom stereocenters. The number of amides is 2. The van der Waals surface area contributed by atoms with Gasteiger partial charge < -0.3 is 19.7 Å². The van der Waals surface area contributed by atoms with Gasteiger partial charge in [0.15, 0.2) is 11.5 Å². The van der Waals surface area contributed by atoms with Gasteiger partial charge in [-0.05, 0) is 74.6 Å². The monoisotopic (exact) mass is 442 g/mol. The molecule has 1 aromatic heterocycles. The molecule has 31 heavy (non-hydrogen) atoms. The van der Waals surface area contributed by atoms with Crippen LogP contribution >= 0.6 is 11.3 Å². The van der Waals surface area contributed by atoms with E-state index in [1.54, 1.807) is 12.0 Å². The van der Waals surface area contributed by atoms with Gasteiger partial charge in [-0.1, -0.05) is 12.1 Å². The molecule has 1 N–H and O–H groups in total. The van der Waals surface area contributed by atoms with Crippen molar-refractivity contribution in [2.75, 3.05) is 13.7 Å². The van der Waals surface area contributed by atoms with Crippen molar-refractivity contribution in [1.82, 2.24) is 10.2 Å². The average molecular weight is 443 g/mol. The standard InChI is InChI=1S/C24H30N2O4S/c1-16(17-11-12-20(21(15-17)29-2)30-18-7-3-4-8-18)25-23(27)19-9-5-13-26(19)24(28)22-10-6-14-31-22/h6,10-12,14-16,18-19H,3-5,7-9,13H2,1-2H3,(H,25,27)/t16?,19-/m0/s1. The lowest BCUT2D eigenvalue weighted by molar-refractivity contribution is -0.125. The molecule has 2 aromatic rings. The van der Waals surface area contributed by atoms with Crippen molar-refractivity contribution in [2.24, 2.45) is 0 Å². The van der Waals surface area contributed by atoms with E-state index in [1.165, 1.54) is 24.2 Å². The van der Waals surface area contributed by atoms with Crippen LogP contribution in [0.15, 0.2) is 35.7 Å². The first-order valence-corrected chi connectivity index (χ1v) is 11.9. The van der Waals surface area contributed by atoms with Crippen LogP contribution in [0.5, 0.6) is 11.5 Å². The topological polar surface area (TPSA) is 67.9 Å². The van der Waals surface area contributed by atoms with Gasteiger partial charge in [-0.3, -0.25) is 9.59 Å². The molecule has 4 rings (SSSR count). The van der Waals surface area contributed by atoms with E-state index in [9.17, 15) is 9.59 Å². The summed E-state index contributed by atoms with van der Waals surface area (Å²) in [6.07, 6.45) is 6.37. The van der Waals surface area contributed by atoms with E-state index < -0.39 is 6.04 Å². The molecule has 2 heterocycles. The fraction of sp³-hybridized carbons (Fsp3) is 0.500. The van der Waals surface area contributed by atoms with Gasteiger partial charge in [0.2, 0.25) is 5.91 Å². The van der Waals surface area contributed by atoms with Gasteiger partial charge in [0.05, 0.1) is 24.1 Å². The number of ether oxygens (including phenoxy) is 2. The average Bonchev–Trinajstić information content (AvgIpc) is 3.56. The highest BCUT2D eigenvalue weighted by Gasteiger charge is 2.35. The van der Waals surface area contributed by atoms with E-state index in [0.29, 0.717) is 23.6 Å². The normalized spacial score (nSPS) is 19.9. The molecule has 1 aliphatic heterocycles. The smallest absolute Gasteiger partial charge is 0.264 e. The molecule has 6 nitrogen and oxygen atoms in total. The van der Waals surface area contributed by atoms with Crippen molar-refractivity contribution in [3.05, 3.63) is 46.2 Å². The summed E-state index contributed by atoms with van der Waals surface area (Å²) in [4.78, 5) is 28.2. The van der Waals surface area contributed by atoms with Crippen LogP contribution in [0.4, 0.5) is 0 Å². The molecule has 166 valence electrons. The third kappa shape index (κ3) is 4.87. The number of thiophene rings is 1. The predicted molar refractivity (Wildman–Crippen MR) is 121 cm³/mol. The summed E-state index contributed by atoms with van der Waals surface area (Å²) < 4.78 is 11.7. The number of rotatable bonds is 7. The lowest BCUT2D eigenvalue weighted by atomic mass is 10.1. The van der Waals surface area contributed by atoms with Gasteiger partial charge in [0, 0.05) is 6.54 Å². The number of hydrogen-bond donors (Lipinski definition) is 1. The van der Waals surface area contributed by atoms with E-state index in [-0.39, 0.29) is 24.0 Å². The maximum atomic E-state index is 13.0. The number of nitrogens with zero attached hydrogens (tertiary/aromatic N) is 1. The minimum atomic E-state index is -0.427. The number of likely N-dealkylation sites (tertiary alicyclic amines) is 1. The maximum absolute atomic E-state index is 13.0. The summed E-state index contributed by atoms with van der Waals surface area (Å²) in [6, 6.07) is 8.87. The molecule has 1 saturated heterocycles. The fourth-order valence-electron chi connectivity index (χ4n) is 4.45. The Labute approximate surface area is 187 Å². The van der Waals surface area contributed by atoms with Crippen molar-refractivity contribution in [3.63, 3.8) is 0 Å². The van der Waals surface area contributed by atoms with Gasteiger partial charge in [-0.2, -0.15) is 0 Å². The van der Waals surface area contributed by atoms with Crippen molar-refractivity contribution >= 4 is 23.2 Å². The fourth-order valence-corrected chi connectivity index (χ4v) is 5.13. The zero-order valence-corrected chi connectivity index (χ0v) is 19.0. The van der Waals surface area contributed by atoms with Gasteiger partial charge in [-0.25, -0.2) is 0 Å². The Balaban J connectivity index is 1.41. The molecule has 1 unspecified atom stereocenters. The van der Waals surface area contributed by atoms with Crippen LogP contribution in [0.1, 0.15) is 66.7 Å². The first-order chi connectivity index (χ1) is 15.1. The van der Waals surface area contributed by atoms with Crippen molar-refractivity contribution in [1.29, 1.82) is 0 Å². The quantitative estimate of drug-likeness (QED) is 0.683. The number of nitrogens with one attached hydrogen (secondary N) is 1. The Morgan fingerprint density at radius 2 is 1.94 bits per heavy atom. The summed E-state index contributed by atoms with van der Waals surface area (Å²) in [7, 11) is 1.64. The van der Waals surface area contributed by atoms with Crippen LogP contribution in [0, 0.1) is 0 Å². The Hall–Kier alpha value is -2.54. The van der Waals surface area contributed by atoms with Gasteiger partial charge in [0.1, 0.15) is 6.04 Å². The Morgan fingerprint density at radius 3 is 2.65 bits per heavy atom. The third-order valence-corrected chi connectivity index (χ3v) is 7.05. The minimum Gasteiger partial charge on any atom is -0.493 e. The minimum absolute atomic E-state index is 0.0598. The van der Waals surface area contributed by atoms with Crippen LogP contribution in [-0.4, -0.2) is 42.5 Å². The molecular formula is C24H30N2O4S. The molecule has 1 aromatic carbocycles. The highest BCUT2D eigenvalue weighted by Crippen LogP contribution is 2.34. The highest BCUT2D eigenvalue weighted by atomic mass is 32.1. The summed E-state index contributed by atoms with van der Waals surface area (Å²) in [5.74, 6) is 1.26. The molecule has 0 bridgehead atoms. The van der Waals surface area contributed by atoms with Gasteiger partial charge in [-0.15, -0.1) is 11.3 Å². The maximum Gasteiger partial charge on any atom is 0.264 e. The first-order valence-electron chi connectivity index (χ1n) is 11.1. The van der Waals surface area contributed by atoms with Gasteiger partial charge >= 0.3 is 0 Å². The van der Waals surface area contributed by atoms with Crippen molar-refractivity contribution in [3.8, 4) is 11.5 Å². The SMILES string of the molecule is COc1cc(C(C)NC(=O)[C@@H]2CCCN2C(=O)c2cccs2)ccc1OC1CCCC1. The summed E-state index contributed by atoms with van der Waals surface area (Å²) in [5.41, 5.74) is 0.943. The van der Waals surface area contributed by atoms with Crippen LogP contribution in [-0.2, 0) is 4.79 Å². The number of hydrogen-bond acceptors (Lipinski definition) is 5. The summed E-state index contributed by atoms with van der Waals surface area (Å²) >= 11 is 1.41. The van der Waals surface area contributed by atoms with E-state index in [4.69, 9.17) is 9.47 Å². The molecule has 1 aliphatic carbocycles. The van der Waals surface area contributed by atoms with Crippen LogP contribution in [0.2, 0.25) is 0 Å². The number of carbonyl (C=O) groups is 2. The first kappa shape index (κ1) is 21.7. The van der Waals surface area contributed by atoms with E-state index in [2.05, 4.69) is 5.32 Å². The number of methoxy groups -OCH3 is 1. The Bertz CT molecular complexity index is 908. The zero-order valence-electron chi connectivity index (χ0n) is 18.1. The molecule has 0 spiro atoms. The Kier molecular flexibility index (Phi) is 6.80. The molecular weight excluding hydrogens is 412 g/mol. The van der Waals surface area contributed by atoms with Crippen molar-refractivity contribution in [2.45, 2.75) is 63.6 Å². The molecule has 2 aliphatic rings. The van der Waals surface area contributed by atoms with E-state index >= 15 is 0 Å². The van der Waals surface area contributed by atoms with Gasteiger partial charge in [0.25, 0.3) is 5.91 Å². The molecule has 0 radical (unpaired) electrons. The molecule has 7 heteroatoms. The van der Waals surface area contributed by atoms with Crippen LogP contribution in [0.25, 0.3) is 0 Å². The lowest BCUT2D eigenvalue weighted by Crippen LogP contribution is -2.46. The lowest BCUT2D eigenvalue weighted by Gasteiger charge is -2.25. The van der Waals surface area contributed by atoms with E-state index in [1.807, 2.05) is 42.6 Å². The molecule has 2 amide bonds. The van der Waals surface area contributed by atoms with E-state index in [0.717, 1.165) is 30.6 Å². The van der Waals surface area contributed by atoms with Crippen LogP contribution < -0.4 is 14.8 Å². The second kappa shape index (κ2) is 9.73. The van der Waals surface area contributed by atoms with Crippen molar-refractivity contribution < 1.29 is 19.1 Å². The Morgan fingerprint density at radius 1 is 1.13 bits per heavy atom. The third-order valence-electron chi connectivity index (χ3n) is 6.19. The zero-order chi connectivity index (χ0) is 21.8. The molecule has 1 saturated carbocycles. The number of benzene rings is 1. The molecule has 2 fully saturated rings. The largest absolute Gasteiger partial charge is 0.493 e. The van der Waals surface area contributed by atoms with Crippen LogP contribution in [0.3, 0.4) is 0 Å². The predicted octanol–water partition coefficient (Wildman–Crippen LogP) is 4.56. The highest BCUT2D eigenvalue weighted by molar-refractivity contribution is 7.12. The number of carbonyl (C=O) groups excluding carboxylic acids is 2. The second-order valence-corrected chi connectivity index (χ2v) is 9.25. The summed E-state index contributed by atoms with van der Waals surface area (Å²) in [6.45, 7) is 2.56. The summed E-state index contributed by atoms with van der Waals surface area (Å²) in [5, 5.41) is 4.97. The second-order valence-electron chi connectivity index (χ2n) is 8.30.